The summed E-state index contributed by atoms with van der Waals surface area (Å²) in [4.78, 5) is 26.4. The van der Waals surface area contributed by atoms with Gasteiger partial charge in [0.25, 0.3) is 5.69 Å². The van der Waals surface area contributed by atoms with E-state index in [0.717, 1.165) is 6.54 Å². The van der Waals surface area contributed by atoms with E-state index in [0.29, 0.717) is 29.4 Å². The molecule has 168 valence electrons. The SMILES string of the molecule is CN(C)CCn1nnnc1SC[C@@H]1C[C@@H](O)CN1C(=O)OCc1ccc([N+](=O)[O-])cc1. The van der Waals surface area contributed by atoms with Gasteiger partial charge < -0.3 is 19.6 Å². The summed E-state index contributed by atoms with van der Waals surface area (Å²) >= 11 is 1.43. The Morgan fingerprint density at radius 1 is 1.39 bits per heavy atom. The number of amides is 1. The number of non-ortho nitro benzene ring substituents is 1. The van der Waals surface area contributed by atoms with Gasteiger partial charge in [-0.3, -0.25) is 10.1 Å². The highest BCUT2D eigenvalue weighted by atomic mass is 32.2. The highest BCUT2D eigenvalue weighted by molar-refractivity contribution is 7.99. The van der Waals surface area contributed by atoms with E-state index >= 15 is 0 Å². The normalized spacial score (nSPS) is 18.5. The number of β-amino-alcohol motifs (C(OH)–C–C–N with tert-alkyl or cyclic N) is 1. The van der Waals surface area contributed by atoms with Crippen LogP contribution in [0.4, 0.5) is 10.5 Å². The molecule has 12 nitrogen and oxygen atoms in total. The Bertz CT molecular complexity index is 892. The lowest BCUT2D eigenvalue weighted by molar-refractivity contribution is -0.384. The van der Waals surface area contributed by atoms with Gasteiger partial charge in [0.05, 0.1) is 24.1 Å². The van der Waals surface area contributed by atoms with E-state index in [1.54, 1.807) is 16.8 Å². The van der Waals surface area contributed by atoms with Gasteiger partial charge in [0, 0.05) is 30.5 Å². The number of aliphatic hydroxyl groups excluding tert-OH is 1. The molecule has 0 radical (unpaired) electrons. The first-order valence-corrected chi connectivity index (χ1v) is 10.7. The second-order valence-electron chi connectivity index (χ2n) is 7.47. The van der Waals surface area contributed by atoms with Crippen molar-refractivity contribution in [3.05, 3.63) is 39.9 Å². The molecule has 1 fully saturated rings. The molecule has 0 saturated carbocycles. The van der Waals surface area contributed by atoms with Crippen LogP contribution in [-0.2, 0) is 17.9 Å². The molecule has 1 aliphatic rings. The fourth-order valence-corrected chi connectivity index (χ4v) is 4.15. The third kappa shape index (κ3) is 6.35. The Labute approximate surface area is 183 Å². The van der Waals surface area contributed by atoms with E-state index in [4.69, 9.17) is 4.74 Å². The molecule has 1 aromatic heterocycles. The second kappa shape index (κ2) is 10.5. The Kier molecular flexibility index (Phi) is 7.76. The molecule has 2 aromatic rings. The quantitative estimate of drug-likeness (QED) is 0.334. The van der Waals surface area contributed by atoms with Crippen molar-refractivity contribution in [1.82, 2.24) is 30.0 Å². The van der Waals surface area contributed by atoms with E-state index in [-0.39, 0.29) is 24.9 Å². The van der Waals surface area contributed by atoms with E-state index in [1.165, 1.54) is 28.8 Å². The molecule has 0 unspecified atom stereocenters. The molecule has 0 spiro atoms. The molecule has 1 aromatic carbocycles. The smallest absolute Gasteiger partial charge is 0.410 e. The number of hydrogen-bond donors (Lipinski definition) is 1. The molecule has 13 heteroatoms. The number of benzene rings is 1. The summed E-state index contributed by atoms with van der Waals surface area (Å²) in [7, 11) is 3.94. The van der Waals surface area contributed by atoms with Gasteiger partial charge in [0.2, 0.25) is 5.16 Å². The lowest BCUT2D eigenvalue weighted by atomic mass is 10.2. The second-order valence-corrected chi connectivity index (χ2v) is 8.46. The molecule has 1 aliphatic heterocycles. The van der Waals surface area contributed by atoms with Crippen LogP contribution in [0.5, 0.6) is 0 Å². The minimum atomic E-state index is -0.623. The molecule has 1 saturated heterocycles. The maximum atomic E-state index is 12.6. The number of aliphatic hydroxyl groups is 1. The van der Waals surface area contributed by atoms with Gasteiger partial charge in [-0.1, -0.05) is 11.8 Å². The number of aromatic nitrogens is 4. The zero-order chi connectivity index (χ0) is 22.4. The summed E-state index contributed by atoms with van der Waals surface area (Å²) in [6.45, 7) is 1.63. The van der Waals surface area contributed by atoms with Gasteiger partial charge in [-0.05, 0) is 48.6 Å². The predicted octanol–water partition coefficient (Wildman–Crippen LogP) is 1.01. The number of carbonyl (C=O) groups is 1. The zero-order valence-corrected chi connectivity index (χ0v) is 18.1. The standard InChI is InChI=1S/C18H25N7O5S/c1-22(2)7-8-24-17(19-20-21-24)31-12-15-9-16(26)10-23(15)18(27)30-11-13-3-5-14(6-4-13)25(28)29/h3-6,15-16,26H,7-12H2,1-2H3/t15-,16+/m0/s1. The maximum absolute atomic E-state index is 12.6. The summed E-state index contributed by atoms with van der Waals surface area (Å²) in [6.07, 6.45) is -0.714. The largest absolute Gasteiger partial charge is 0.445 e. The van der Waals surface area contributed by atoms with Gasteiger partial charge in [0.1, 0.15) is 6.61 Å². The van der Waals surface area contributed by atoms with Crippen LogP contribution in [-0.4, -0.2) is 91.2 Å². The van der Waals surface area contributed by atoms with E-state index in [1.807, 2.05) is 19.0 Å². The number of nitro groups is 1. The summed E-state index contributed by atoms with van der Waals surface area (Å²) < 4.78 is 7.08. The highest BCUT2D eigenvalue weighted by Crippen LogP contribution is 2.26. The minimum absolute atomic E-state index is 0.00787. The van der Waals surface area contributed by atoms with Crippen molar-refractivity contribution in [2.75, 3.05) is 32.9 Å². The van der Waals surface area contributed by atoms with Crippen LogP contribution in [0.25, 0.3) is 0 Å². The van der Waals surface area contributed by atoms with Crippen molar-refractivity contribution >= 4 is 23.5 Å². The topological polar surface area (TPSA) is 140 Å². The average Bonchev–Trinajstić information content (AvgIpc) is 3.34. The number of ether oxygens (including phenoxy) is 1. The molecular weight excluding hydrogens is 426 g/mol. The van der Waals surface area contributed by atoms with Gasteiger partial charge in [-0.15, -0.1) is 5.10 Å². The molecule has 31 heavy (non-hydrogen) atoms. The lowest BCUT2D eigenvalue weighted by Crippen LogP contribution is -2.37. The number of thioether (sulfide) groups is 1. The number of likely N-dealkylation sites (tertiary alicyclic amines) is 1. The molecule has 1 N–H and O–H groups in total. The molecule has 2 atom stereocenters. The van der Waals surface area contributed by atoms with Crippen LogP contribution in [0, 0.1) is 10.1 Å². The maximum Gasteiger partial charge on any atom is 0.410 e. The zero-order valence-electron chi connectivity index (χ0n) is 17.3. The number of hydrogen-bond acceptors (Lipinski definition) is 10. The molecule has 3 rings (SSSR count). The van der Waals surface area contributed by atoms with Crippen LogP contribution < -0.4 is 0 Å². The van der Waals surface area contributed by atoms with Crippen LogP contribution >= 0.6 is 11.8 Å². The van der Waals surface area contributed by atoms with Crippen molar-refractivity contribution in [3.63, 3.8) is 0 Å². The molecular formula is C18H25N7O5S. The molecule has 0 bridgehead atoms. The highest BCUT2D eigenvalue weighted by Gasteiger charge is 2.35. The van der Waals surface area contributed by atoms with E-state index in [2.05, 4.69) is 15.5 Å². The van der Waals surface area contributed by atoms with E-state index < -0.39 is 17.1 Å². The number of likely N-dealkylation sites (N-methyl/N-ethyl adjacent to an activating group) is 1. The van der Waals surface area contributed by atoms with Crippen LogP contribution in [0.1, 0.15) is 12.0 Å². The summed E-state index contributed by atoms with van der Waals surface area (Å²) in [5.41, 5.74) is 0.618. The summed E-state index contributed by atoms with van der Waals surface area (Å²) in [5.74, 6) is 0.520. The minimum Gasteiger partial charge on any atom is -0.445 e. The predicted molar refractivity (Wildman–Crippen MR) is 111 cm³/mol. The number of nitro benzene ring substituents is 1. The molecule has 2 heterocycles. The van der Waals surface area contributed by atoms with Crippen molar-refractivity contribution in [2.24, 2.45) is 0 Å². The first-order valence-electron chi connectivity index (χ1n) is 9.72. The number of tetrazole rings is 1. The average molecular weight is 452 g/mol. The van der Waals surface area contributed by atoms with Crippen molar-refractivity contribution in [2.45, 2.75) is 36.9 Å². The first kappa shape index (κ1) is 22.9. The van der Waals surface area contributed by atoms with Gasteiger partial charge in [-0.2, -0.15) is 0 Å². The van der Waals surface area contributed by atoms with Crippen LogP contribution in [0.2, 0.25) is 0 Å². The number of carbonyl (C=O) groups excluding carboxylic acids is 1. The summed E-state index contributed by atoms with van der Waals surface area (Å²) in [5, 5.41) is 33.2. The Balaban J connectivity index is 1.54. The summed E-state index contributed by atoms with van der Waals surface area (Å²) in [6, 6.07) is 5.60. The van der Waals surface area contributed by atoms with Crippen molar-refractivity contribution < 1.29 is 19.6 Å². The fourth-order valence-electron chi connectivity index (χ4n) is 3.12. The Hall–Kier alpha value is -2.77. The van der Waals surface area contributed by atoms with Gasteiger partial charge >= 0.3 is 6.09 Å². The van der Waals surface area contributed by atoms with Gasteiger partial charge in [-0.25, -0.2) is 9.48 Å². The fraction of sp³-hybridized carbons (Fsp3) is 0.556. The monoisotopic (exact) mass is 451 g/mol. The number of rotatable bonds is 9. The van der Waals surface area contributed by atoms with E-state index in [9.17, 15) is 20.0 Å². The Morgan fingerprint density at radius 2 is 2.13 bits per heavy atom. The number of nitrogens with zero attached hydrogens (tertiary/aromatic N) is 7. The lowest BCUT2D eigenvalue weighted by Gasteiger charge is -2.23. The Morgan fingerprint density at radius 3 is 2.81 bits per heavy atom. The van der Waals surface area contributed by atoms with Gasteiger partial charge in [0.15, 0.2) is 0 Å². The van der Waals surface area contributed by atoms with Crippen molar-refractivity contribution in [1.29, 1.82) is 0 Å². The van der Waals surface area contributed by atoms with Crippen LogP contribution in [0.15, 0.2) is 29.4 Å². The first-order chi connectivity index (χ1) is 14.8. The molecule has 0 aliphatic carbocycles. The molecule has 1 amide bonds. The third-order valence-electron chi connectivity index (χ3n) is 4.80. The van der Waals surface area contributed by atoms with Crippen molar-refractivity contribution in [3.8, 4) is 0 Å². The van der Waals surface area contributed by atoms with Crippen LogP contribution in [0.3, 0.4) is 0 Å². The third-order valence-corrected chi connectivity index (χ3v) is 5.90.